The molecule has 6 nitrogen and oxygen atoms in total. The Bertz CT molecular complexity index is 644. The van der Waals surface area contributed by atoms with Crippen LogP contribution in [0.2, 0.25) is 0 Å². The lowest BCUT2D eigenvalue weighted by molar-refractivity contribution is -0.275. The maximum atomic E-state index is 12.3. The summed E-state index contributed by atoms with van der Waals surface area (Å²) in [5.41, 5.74) is 5.33. The van der Waals surface area contributed by atoms with Gasteiger partial charge in [0.05, 0.1) is 12.4 Å². The van der Waals surface area contributed by atoms with Crippen molar-refractivity contribution < 1.29 is 22.6 Å². The number of ether oxygens (including phenoxy) is 2. The molecule has 0 fully saturated rings. The SMILES string of the molecule is N=C(N)c1cnc(Oc2ccccc2OC(F)(F)F)cn1. The van der Waals surface area contributed by atoms with Gasteiger partial charge in [0.15, 0.2) is 11.5 Å². The summed E-state index contributed by atoms with van der Waals surface area (Å²) >= 11 is 0. The molecule has 0 aliphatic heterocycles. The van der Waals surface area contributed by atoms with E-state index in [1.165, 1.54) is 24.4 Å². The van der Waals surface area contributed by atoms with E-state index >= 15 is 0 Å². The predicted octanol–water partition coefficient (Wildman–Crippen LogP) is 2.45. The van der Waals surface area contributed by atoms with E-state index in [9.17, 15) is 13.2 Å². The molecular formula is C12H9F3N4O2. The minimum atomic E-state index is -4.83. The van der Waals surface area contributed by atoms with Crippen molar-refractivity contribution in [3.05, 3.63) is 42.4 Å². The number of nitrogen functional groups attached to an aromatic ring is 1. The molecule has 1 aromatic heterocycles. The zero-order chi connectivity index (χ0) is 15.5. The number of benzene rings is 1. The Morgan fingerprint density at radius 3 is 2.29 bits per heavy atom. The molecule has 1 heterocycles. The molecule has 110 valence electrons. The number of alkyl halides is 3. The Morgan fingerprint density at radius 2 is 1.76 bits per heavy atom. The van der Waals surface area contributed by atoms with Gasteiger partial charge in [0.2, 0.25) is 5.88 Å². The van der Waals surface area contributed by atoms with Crippen LogP contribution in [0.4, 0.5) is 13.2 Å². The highest BCUT2D eigenvalue weighted by atomic mass is 19.4. The van der Waals surface area contributed by atoms with E-state index in [1.807, 2.05) is 0 Å². The zero-order valence-electron chi connectivity index (χ0n) is 10.4. The molecule has 0 saturated heterocycles. The van der Waals surface area contributed by atoms with Crippen LogP contribution in [0.1, 0.15) is 5.69 Å². The lowest BCUT2D eigenvalue weighted by Gasteiger charge is -2.13. The summed E-state index contributed by atoms with van der Waals surface area (Å²) in [5.74, 6) is -1.00. The first kappa shape index (κ1) is 14.6. The monoisotopic (exact) mass is 298 g/mol. The lowest BCUT2D eigenvalue weighted by atomic mass is 10.3. The molecule has 9 heteroatoms. The van der Waals surface area contributed by atoms with Gasteiger partial charge in [-0.05, 0) is 12.1 Å². The fourth-order valence-electron chi connectivity index (χ4n) is 1.36. The van der Waals surface area contributed by atoms with Crippen molar-refractivity contribution in [3.8, 4) is 17.4 Å². The number of hydrogen-bond acceptors (Lipinski definition) is 5. The third-order valence-electron chi connectivity index (χ3n) is 2.19. The van der Waals surface area contributed by atoms with Gasteiger partial charge in [-0.2, -0.15) is 0 Å². The highest BCUT2D eigenvalue weighted by Gasteiger charge is 2.32. The highest BCUT2D eigenvalue weighted by Crippen LogP contribution is 2.34. The van der Waals surface area contributed by atoms with Gasteiger partial charge in [0, 0.05) is 0 Å². The van der Waals surface area contributed by atoms with Crippen molar-refractivity contribution in [2.45, 2.75) is 6.36 Å². The Labute approximate surface area is 116 Å². The molecule has 0 atom stereocenters. The molecule has 21 heavy (non-hydrogen) atoms. The fourth-order valence-corrected chi connectivity index (χ4v) is 1.36. The van der Waals surface area contributed by atoms with Crippen molar-refractivity contribution in [1.82, 2.24) is 9.97 Å². The number of amidine groups is 1. The van der Waals surface area contributed by atoms with Crippen LogP contribution in [-0.2, 0) is 0 Å². The zero-order valence-corrected chi connectivity index (χ0v) is 10.4. The summed E-state index contributed by atoms with van der Waals surface area (Å²) in [4.78, 5) is 7.57. The van der Waals surface area contributed by atoms with Gasteiger partial charge in [-0.25, -0.2) is 9.97 Å². The van der Waals surface area contributed by atoms with Gasteiger partial charge in [0.1, 0.15) is 11.5 Å². The van der Waals surface area contributed by atoms with Crippen LogP contribution in [0.25, 0.3) is 0 Å². The first-order valence-electron chi connectivity index (χ1n) is 5.54. The van der Waals surface area contributed by atoms with Crippen LogP contribution in [0.5, 0.6) is 17.4 Å². The van der Waals surface area contributed by atoms with Crippen molar-refractivity contribution in [2.75, 3.05) is 0 Å². The Morgan fingerprint density at radius 1 is 1.10 bits per heavy atom. The molecule has 1 aromatic carbocycles. The summed E-state index contributed by atoms with van der Waals surface area (Å²) in [6.07, 6.45) is -2.52. The van der Waals surface area contributed by atoms with Crippen molar-refractivity contribution in [3.63, 3.8) is 0 Å². The number of halogens is 3. The molecule has 0 saturated carbocycles. The standard InChI is InChI=1S/C12H9F3N4O2/c13-12(14,15)21-9-4-2-1-3-8(9)20-10-6-18-7(5-19-10)11(16)17/h1-6H,(H3,16,17). The molecule has 0 spiro atoms. The van der Waals surface area contributed by atoms with Gasteiger partial charge < -0.3 is 15.2 Å². The summed E-state index contributed by atoms with van der Waals surface area (Å²) in [6, 6.07) is 5.26. The lowest BCUT2D eigenvalue weighted by Crippen LogP contribution is -2.17. The molecule has 0 unspecified atom stereocenters. The van der Waals surface area contributed by atoms with E-state index in [2.05, 4.69) is 14.7 Å². The van der Waals surface area contributed by atoms with Gasteiger partial charge in [-0.15, -0.1) is 13.2 Å². The molecule has 2 rings (SSSR count). The summed E-state index contributed by atoms with van der Waals surface area (Å²) in [6.45, 7) is 0. The third-order valence-corrected chi connectivity index (χ3v) is 2.19. The van der Waals surface area contributed by atoms with Crippen LogP contribution < -0.4 is 15.2 Å². The van der Waals surface area contributed by atoms with E-state index in [4.69, 9.17) is 15.9 Å². The van der Waals surface area contributed by atoms with E-state index in [1.54, 1.807) is 0 Å². The van der Waals surface area contributed by atoms with Crippen LogP contribution in [0, 0.1) is 5.41 Å². The smallest absolute Gasteiger partial charge is 0.434 e. The quantitative estimate of drug-likeness (QED) is 0.668. The number of nitrogens with two attached hydrogens (primary N) is 1. The van der Waals surface area contributed by atoms with E-state index in [0.717, 1.165) is 12.3 Å². The Kier molecular flexibility index (Phi) is 3.92. The number of nitrogens with one attached hydrogen (secondary N) is 1. The normalized spacial score (nSPS) is 11.0. The van der Waals surface area contributed by atoms with Crippen molar-refractivity contribution in [2.24, 2.45) is 5.73 Å². The second kappa shape index (κ2) is 5.65. The van der Waals surface area contributed by atoms with Gasteiger partial charge in [-0.3, -0.25) is 5.41 Å². The summed E-state index contributed by atoms with van der Waals surface area (Å²) in [5, 5.41) is 7.15. The second-order valence-electron chi connectivity index (χ2n) is 3.75. The maximum Gasteiger partial charge on any atom is 0.573 e. The van der Waals surface area contributed by atoms with E-state index in [0.29, 0.717) is 0 Å². The van der Waals surface area contributed by atoms with Crippen LogP contribution in [-0.4, -0.2) is 22.2 Å². The molecule has 0 aliphatic rings. The molecular weight excluding hydrogens is 289 g/mol. The average molecular weight is 298 g/mol. The first-order valence-corrected chi connectivity index (χ1v) is 5.54. The maximum absolute atomic E-state index is 12.3. The topological polar surface area (TPSA) is 94.1 Å². The van der Waals surface area contributed by atoms with Crippen LogP contribution in [0.15, 0.2) is 36.7 Å². The number of aromatic nitrogens is 2. The number of rotatable bonds is 4. The average Bonchev–Trinajstić information content (AvgIpc) is 2.40. The summed E-state index contributed by atoms with van der Waals surface area (Å²) in [7, 11) is 0. The van der Waals surface area contributed by atoms with Gasteiger partial charge >= 0.3 is 6.36 Å². The predicted molar refractivity (Wildman–Crippen MR) is 66.2 cm³/mol. The third kappa shape index (κ3) is 4.06. The van der Waals surface area contributed by atoms with Crippen LogP contribution >= 0.6 is 0 Å². The largest absolute Gasteiger partial charge is 0.573 e. The molecule has 2 aromatic rings. The number of para-hydroxylation sites is 2. The molecule has 0 bridgehead atoms. The minimum Gasteiger partial charge on any atom is -0.434 e. The Balaban J connectivity index is 2.21. The van der Waals surface area contributed by atoms with Crippen molar-refractivity contribution in [1.29, 1.82) is 5.41 Å². The van der Waals surface area contributed by atoms with Gasteiger partial charge in [0.25, 0.3) is 0 Å². The van der Waals surface area contributed by atoms with Crippen LogP contribution in [0.3, 0.4) is 0 Å². The number of nitrogens with zero attached hydrogens (tertiary/aromatic N) is 2. The molecule has 0 amide bonds. The fraction of sp³-hybridized carbons (Fsp3) is 0.0833. The first-order chi connectivity index (χ1) is 9.85. The van der Waals surface area contributed by atoms with Crippen molar-refractivity contribution >= 4 is 5.84 Å². The molecule has 3 N–H and O–H groups in total. The van der Waals surface area contributed by atoms with Gasteiger partial charge in [-0.1, -0.05) is 12.1 Å². The molecule has 0 aliphatic carbocycles. The molecule has 0 radical (unpaired) electrons. The highest BCUT2D eigenvalue weighted by molar-refractivity contribution is 5.92. The minimum absolute atomic E-state index is 0.0572. The second-order valence-corrected chi connectivity index (χ2v) is 3.75. The van der Waals surface area contributed by atoms with E-state index < -0.39 is 12.1 Å². The Hall–Kier alpha value is -2.84. The summed E-state index contributed by atoms with van der Waals surface area (Å²) < 4.78 is 45.8. The van der Waals surface area contributed by atoms with E-state index in [-0.39, 0.29) is 23.2 Å². The number of hydrogen-bond donors (Lipinski definition) is 2.